The molecule has 168 valence electrons. The van der Waals surface area contributed by atoms with Gasteiger partial charge in [-0.15, -0.1) is 0 Å². The summed E-state index contributed by atoms with van der Waals surface area (Å²) in [6.45, 7) is 0. The van der Waals surface area contributed by atoms with Gasteiger partial charge >= 0.3 is 0 Å². The fourth-order valence-electron chi connectivity index (χ4n) is 3.32. The molecule has 2 atom stereocenters. The van der Waals surface area contributed by atoms with E-state index in [4.69, 9.17) is 4.74 Å². The Morgan fingerprint density at radius 3 is 1.68 bits per heavy atom. The number of epoxide rings is 1. The highest BCUT2D eigenvalue weighted by molar-refractivity contribution is 6.05. The zero-order valence-corrected chi connectivity index (χ0v) is 17.8. The highest BCUT2D eigenvalue weighted by Crippen LogP contribution is 2.39. The van der Waals surface area contributed by atoms with Gasteiger partial charge in [0.2, 0.25) is 0 Å². The van der Waals surface area contributed by atoms with Gasteiger partial charge in [-0.25, -0.2) is 4.98 Å². The molecule has 1 saturated heterocycles. The monoisotopic (exact) mass is 453 g/mol. The molecule has 4 aromatic heterocycles. The van der Waals surface area contributed by atoms with Crippen LogP contribution in [0.1, 0.15) is 32.4 Å². The Morgan fingerprint density at radius 2 is 1.18 bits per heavy atom. The molecule has 10 nitrogen and oxygen atoms in total. The smallest absolute Gasteiger partial charge is 0.256 e. The van der Waals surface area contributed by atoms with E-state index in [1.807, 2.05) is 12.1 Å². The summed E-state index contributed by atoms with van der Waals surface area (Å²) < 4.78 is 5.74. The van der Waals surface area contributed by atoms with Crippen LogP contribution in [0.5, 0.6) is 0 Å². The molecule has 1 aliphatic heterocycles. The summed E-state index contributed by atoms with van der Waals surface area (Å²) in [5.41, 5.74) is 2.48. The minimum Gasteiger partial charge on any atom is -0.357 e. The lowest BCUT2D eigenvalue weighted by Crippen LogP contribution is -2.17. The Kier molecular flexibility index (Phi) is 5.87. The number of carbonyl (C=O) groups excluding carboxylic acids is 2. The Labute approximate surface area is 194 Å². The van der Waals surface area contributed by atoms with Gasteiger partial charge in [0.15, 0.2) is 6.23 Å². The number of rotatable bonds is 7. The van der Waals surface area contributed by atoms with Crippen LogP contribution in [0.2, 0.25) is 0 Å². The predicted octanol–water partition coefficient (Wildman–Crippen LogP) is 3.28. The number of ether oxygens (including phenoxy) is 1. The van der Waals surface area contributed by atoms with Crippen LogP contribution in [0, 0.1) is 0 Å². The van der Waals surface area contributed by atoms with Crippen LogP contribution < -0.4 is 16.0 Å². The normalized spacial score (nSPS) is 16.4. The summed E-state index contributed by atoms with van der Waals surface area (Å²) >= 11 is 0. The number of carbonyl (C=O) groups is 2. The molecule has 4 aromatic rings. The predicted molar refractivity (Wildman–Crippen MR) is 124 cm³/mol. The molecule has 2 unspecified atom stereocenters. The number of aromatic nitrogens is 4. The Balaban J connectivity index is 1.37. The third-order valence-electron chi connectivity index (χ3n) is 5.03. The largest absolute Gasteiger partial charge is 0.357 e. The van der Waals surface area contributed by atoms with Crippen LogP contribution in [0.25, 0.3) is 0 Å². The second-order valence-electron chi connectivity index (χ2n) is 7.41. The molecule has 0 aromatic carbocycles. The van der Waals surface area contributed by atoms with Crippen LogP contribution in [0.4, 0.5) is 17.3 Å². The van der Waals surface area contributed by atoms with Gasteiger partial charge in [0.05, 0.1) is 0 Å². The molecular weight excluding hydrogens is 434 g/mol. The van der Waals surface area contributed by atoms with Crippen molar-refractivity contribution in [1.29, 1.82) is 0 Å². The lowest BCUT2D eigenvalue weighted by atomic mass is 10.2. The van der Waals surface area contributed by atoms with Crippen molar-refractivity contribution >= 4 is 29.1 Å². The number of nitrogens with zero attached hydrogens (tertiary/aromatic N) is 4. The zero-order chi connectivity index (χ0) is 23.3. The first-order chi connectivity index (χ1) is 16.7. The first kappa shape index (κ1) is 21.2. The van der Waals surface area contributed by atoms with E-state index in [9.17, 15) is 9.59 Å². The van der Waals surface area contributed by atoms with Crippen LogP contribution in [-0.4, -0.2) is 38.0 Å². The van der Waals surface area contributed by atoms with Crippen molar-refractivity contribution in [2.75, 3.05) is 16.0 Å². The third-order valence-corrected chi connectivity index (χ3v) is 5.03. The average Bonchev–Trinajstić information content (AvgIpc) is 3.64. The van der Waals surface area contributed by atoms with Gasteiger partial charge in [0.1, 0.15) is 17.7 Å². The molecule has 0 radical (unpaired) electrons. The van der Waals surface area contributed by atoms with Crippen LogP contribution >= 0.6 is 0 Å². The number of hydrogen-bond donors (Lipinski definition) is 3. The van der Waals surface area contributed by atoms with Crippen molar-refractivity contribution in [2.24, 2.45) is 0 Å². The Bertz CT molecular complexity index is 1230. The molecule has 1 fully saturated rings. The quantitative estimate of drug-likeness (QED) is 0.363. The molecule has 5 heterocycles. The standard InChI is InChI=1S/C24H19N7O3/c32-22(16-3-9-26-10-4-16)30-19-13-18(28-24-21(34-24)15-1-7-25-8-2-15)14-20(29-19)31-23(33)17-5-11-27-12-6-17/h1-14,21,24H,(H3,28,29,30,31,32,33). The van der Waals surface area contributed by atoms with Crippen molar-refractivity contribution in [3.8, 4) is 0 Å². The maximum Gasteiger partial charge on any atom is 0.256 e. The van der Waals surface area contributed by atoms with Gasteiger partial charge in [-0.1, -0.05) is 0 Å². The summed E-state index contributed by atoms with van der Waals surface area (Å²) in [5.74, 6) is -0.178. The molecule has 0 aliphatic carbocycles. The molecule has 10 heteroatoms. The van der Waals surface area contributed by atoms with Gasteiger partial charge in [-0.05, 0) is 42.0 Å². The van der Waals surface area contributed by atoms with Crippen LogP contribution in [0.3, 0.4) is 0 Å². The van der Waals surface area contributed by atoms with Crippen molar-refractivity contribution in [2.45, 2.75) is 12.3 Å². The molecule has 34 heavy (non-hydrogen) atoms. The third kappa shape index (κ3) is 5.03. The van der Waals surface area contributed by atoms with E-state index < -0.39 is 0 Å². The van der Waals surface area contributed by atoms with E-state index in [1.54, 1.807) is 48.8 Å². The second-order valence-corrected chi connectivity index (χ2v) is 7.41. The van der Waals surface area contributed by atoms with Crippen LogP contribution in [-0.2, 0) is 4.74 Å². The van der Waals surface area contributed by atoms with Crippen LogP contribution in [0.15, 0.2) is 85.7 Å². The fourth-order valence-corrected chi connectivity index (χ4v) is 3.32. The van der Waals surface area contributed by atoms with Gasteiger partial charge in [0, 0.05) is 66.1 Å². The molecule has 0 bridgehead atoms. The maximum absolute atomic E-state index is 12.6. The summed E-state index contributed by atoms with van der Waals surface area (Å²) in [6.07, 6.45) is 9.15. The van der Waals surface area contributed by atoms with Gasteiger partial charge < -0.3 is 20.7 Å². The van der Waals surface area contributed by atoms with Crippen molar-refractivity contribution in [1.82, 2.24) is 19.9 Å². The van der Waals surface area contributed by atoms with E-state index in [-0.39, 0.29) is 35.8 Å². The first-order valence-electron chi connectivity index (χ1n) is 10.4. The van der Waals surface area contributed by atoms with Gasteiger partial charge in [0.25, 0.3) is 11.8 Å². The van der Waals surface area contributed by atoms with E-state index in [2.05, 4.69) is 35.9 Å². The number of pyridine rings is 4. The minimum absolute atomic E-state index is 0.124. The van der Waals surface area contributed by atoms with E-state index in [1.165, 1.54) is 24.8 Å². The first-order valence-corrected chi connectivity index (χ1v) is 10.4. The summed E-state index contributed by atoms with van der Waals surface area (Å²) in [6, 6.07) is 13.5. The van der Waals surface area contributed by atoms with Crippen molar-refractivity contribution in [3.63, 3.8) is 0 Å². The number of hydrogen-bond acceptors (Lipinski definition) is 8. The summed E-state index contributed by atoms with van der Waals surface area (Å²) in [5, 5.41) is 8.79. The van der Waals surface area contributed by atoms with Gasteiger partial charge in [-0.2, -0.15) is 0 Å². The van der Waals surface area contributed by atoms with Gasteiger partial charge in [-0.3, -0.25) is 24.5 Å². The molecule has 0 saturated carbocycles. The highest BCUT2D eigenvalue weighted by atomic mass is 16.6. The molecule has 1 aliphatic rings. The summed E-state index contributed by atoms with van der Waals surface area (Å²) in [7, 11) is 0. The molecule has 2 amide bonds. The minimum atomic E-state index is -0.351. The Morgan fingerprint density at radius 1 is 0.706 bits per heavy atom. The lowest BCUT2D eigenvalue weighted by molar-refractivity contribution is 0.101. The maximum atomic E-state index is 12.6. The molecule has 3 N–H and O–H groups in total. The van der Waals surface area contributed by atoms with E-state index >= 15 is 0 Å². The SMILES string of the molecule is O=C(Nc1cc(NC2OC2c2ccncc2)cc(NC(=O)c2ccncc2)n1)c1ccncc1. The average molecular weight is 453 g/mol. The van der Waals surface area contributed by atoms with Crippen molar-refractivity contribution < 1.29 is 14.3 Å². The fraction of sp³-hybridized carbons (Fsp3) is 0.0833. The van der Waals surface area contributed by atoms with E-state index in [0.29, 0.717) is 16.8 Å². The Hall–Kier alpha value is -4.70. The zero-order valence-electron chi connectivity index (χ0n) is 17.8. The number of anilines is 3. The van der Waals surface area contributed by atoms with E-state index in [0.717, 1.165) is 5.56 Å². The number of amides is 2. The highest BCUT2D eigenvalue weighted by Gasteiger charge is 2.40. The molecule has 0 spiro atoms. The molecular formula is C24H19N7O3. The summed E-state index contributed by atoms with van der Waals surface area (Å²) in [4.78, 5) is 41.5. The molecule has 5 rings (SSSR count). The topological polar surface area (TPSA) is 134 Å². The second kappa shape index (κ2) is 9.43. The lowest BCUT2D eigenvalue weighted by Gasteiger charge is -2.12. The van der Waals surface area contributed by atoms with Crippen molar-refractivity contribution in [3.05, 3.63) is 102 Å². The number of nitrogens with one attached hydrogen (secondary N) is 3.